The van der Waals surface area contributed by atoms with Crippen LogP contribution >= 0.6 is 11.6 Å². The van der Waals surface area contributed by atoms with Crippen molar-refractivity contribution < 1.29 is 14.3 Å². The lowest BCUT2D eigenvalue weighted by molar-refractivity contribution is 0.0779. The van der Waals surface area contributed by atoms with E-state index in [1.54, 1.807) is 16.0 Å². The van der Waals surface area contributed by atoms with Crippen LogP contribution in [0.2, 0.25) is 5.02 Å². The Bertz CT molecular complexity index is 1030. The number of hydrogen-bond donors (Lipinski definition) is 1. The van der Waals surface area contributed by atoms with Gasteiger partial charge in [-0.2, -0.15) is 0 Å². The van der Waals surface area contributed by atoms with E-state index in [2.05, 4.69) is 17.2 Å². The first-order valence-corrected chi connectivity index (χ1v) is 10.6. The molecule has 0 saturated carbocycles. The van der Waals surface area contributed by atoms with Crippen LogP contribution in [0.15, 0.2) is 36.5 Å². The van der Waals surface area contributed by atoms with Crippen molar-refractivity contribution in [1.29, 1.82) is 0 Å². The number of likely N-dealkylation sites (tertiary alicyclic amines) is 1. The summed E-state index contributed by atoms with van der Waals surface area (Å²) < 4.78 is 5.03. The quantitative estimate of drug-likeness (QED) is 0.779. The van der Waals surface area contributed by atoms with Gasteiger partial charge in [-0.15, -0.1) is 0 Å². The molecule has 0 spiro atoms. The number of fused-ring (bicyclic) bond motifs is 1. The zero-order chi connectivity index (χ0) is 20.9. The van der Waals surface area contributed by atoms with E-state index in [0.29, 0.717) is 36.8 Å². The second-order valence-electron chi connectivity index (χ2n) is 8.38. The molecule has 1 aromatic heterocycles. The Morgan fingerprint density at radius 1 is 1.32 bits per heavy atom. The second-order valence-corrected chi connectivity index (χ2v) is 8.81. The van der Waals surface area contributed by atoms with Crippen molar-refractivity contribution in [2.75, 3.05) is 31.6 Å². The fourth-order valence-electron chi connectivity index (χ4n) is 4.67. The highest BCUT2D eigenvalue weighted by atomic mass is 35.5. The highest BCUT2D eigenvalue weighted by molar-refractivity contribution is 6.30. The van der Waals surface area contributed by atoms with E-state index >= 15 is 0 Å². The van der Waals surface area contributed by atoms with Crippen molar-refractivity contribution in [2.45, 2.75) is 38.8 Å². The molecule has 7 nitrogen and oxygen atoms in total. The first kappa shape index (κ1) is 21.4. The van der Waals surface area contributed by atoms with E-state index in [-0.39, 0.29) is 31.0 Å². The third kappa shape index (κ3) is 3.82. The normalized spacial score (nSPS) is 24.5. The first-order chi connectivity index (χ1) is 14.4. The molecule has 0 bridgehead atoms. The number of cyclic esters (lactones) is 1. The number of carbonyl (C=O) groups excluding carboxylic acids is 2. The summed E-state index contributed by atoms with van der Waals surface area (Å²) >= 11 is 6.18. The van der Waals surface area contributed by atoms with Crippen LogP contribution in [0.1, 0.15) is 42.3 Å². The first-order valence-electron chi connectivity index (χ1n) is 10.2. The van der Waals surface area contributed by atoms with Gasteiger partial charge in [-0.3, -0.25) is 9.69 Å². The maximum atomic E-state index is 13.1. The van der Waals surface area contributed by atoms with Crippen LogP contribution in [0, 0.1) is 0 Å². The number of amides is 2. The van der Waals surface area contributed by atoms with Gasteiger partial charge in [0.2, 0.25) is 0 Å². The molecule has 8 heteroatoms. The molecular formula is C23H27ClN4O3. The predicted molar refractivity (Wildman–Crippen MR) is 119 cm³/mol. The minimum Gasteiger partial charge on any atom is -0.448 e. The third-order valence-electron chi connectivity index (χ3n) is 6.30. The average molecular weight is 443 g/mol. The fraction of sp³-hybridized carbons (Fsp3) is 0.435. The lowest BCUT2D eigenvalue weighted by atomic mass is 9.89. The topological polar surface area (TPSA) is 74.8 Å². The molecule has 0 radical (unpaired) electrons. The number of pyridine rings is 1. The number of hydrogen-bond acceptors (Lipinski definition) is 5. The number of anilines is 1. The van der Waals surface area contributed by atoms with Gasteiger partial charge in [0.1, 0.15) is 12.4 Å². The minimum atomic E-state index is -0.323. The number of ether oxygens (including phenoxy) is 1. The number of nitrogens with one attached hydrogen (secondary N) is 1. The molecule has 3 aliphatic rings. The van der Waals surface area contributed by atoms with Gasteiger partial charge in [-0.1, -0.05) is 31.2 Å². The Labute approximate surface area is 187 Å². The summed E-state index contributed by atoms with van der Waals surface area (Å²) in [7, 11) is 0. The molecule has 2 saturated heterocycles. The van der Waals surface area contributed by atoms with E-state index in [1.165, 1.54) is 0 Å². The lowest BCUT2D eigenvalue weighted by Gasteiger charge is -2.25. The molecule has 0 unspecified atom stereocenters. The summed E-state index contributed by atoms with van der Waals surface area (Å²) in [6, 6.07) is 9.77. The van der Waals surface area contributed by atoms with Gasteiger partial charge < -0.3 is 15.0 Å². The van der Waals surface area contributed by atoms with Crippen molar-refractivity contribution in [3.05, 3.63) is 58.2 Å². The predicted octanol–water partition coefficient (Wildman–Crippen LogP) is 3.92. The van der Waals surface area contributed by atoms with Gasteiger partial charge >= 0.3 is 6.09 Å². The monoisotopic (exact) mass is 442 g/mol. The van der Waals surface area contributed by atoms with E-state index < -0.39 is 0 Å². The minimum absolute atomic E-state index is 0. The summed E-state index contributed by atoms with van der Waals surface area (Å²) in [6.07, 6.45) is 2.85. The Balaban J connectivity index is 0.00000231. The Morgan fingerprint density at radius 2 is 2.16 bits per heavy atom. The number of carbonyl (C=O) groups is 2. The summed E-state index contributed by atoms with van der Waals surface area (Å²) in [6.45, 7) is 4.30. The van der Waals surface area contributed by atoms with Crippen molar-refractivity contribution in [2.24, 2.45) is 0 Å². The summed E-state index contributed by atoms with van der Waals surface area (Å²) in [5.74, 6) is 0.754. The third-order valence-corrected chi connectivity index (χ3v) is 6.53. The molecule has 5 rings (SSSR count). The molecule has 2 fully saturated rings. The zero-order valence-electron chi connectivity index (χ0n) is 16.7. The van der Waals surface area contributed by atoms with E-state index in [1.807, 2.05) is 30.3 Å². The van der Waals surface area contributed by atoms with Crippen molar-refractivity contribution in [1.82, 2.24) is 14.8 Å². The van der Waals surface area contributed by atoms with Crippen molar-refractivity contribution in [3.8, 4) is 0 Å². The highest BCUT2D eigenvalue weighted by Gasteiger charge is 2.38. The van der Waals surface area contributed by atoms with E-state index in [9.17, 15) is 9.59 Å². The molecule has 2 atom stereocenters. The van der Waals surface area contributed by atoms with Gasteiger partial charge in [-0.05, 0) is 42.7 Å². The molecule has 4 heterocycles. The molecule has 1 N–H and O–H groups in total. The van der Waals surface area contributed by atoms with Gasteiger partial charge in [0.25, 0.3) is 5.91 Å². The molecule has 1 aromatic carbocycles. The van der Waals surface area contributed by atoms with Gasteiger partial charge in [-0.25, -0.2) is 9.78 Å². The fourth-order valence-corrected chi connectivity index (χ4v) is 4.86. The highest BCUT2D eigenvalue weighted by Crippen LogP contribution is 2.39. The molecule has 2 amide bonds. The van der Waals surface area contributed by atoms with Gasteiger partial charge in [0.15, 0.2) is 0 Å². The average Bonchev–Trinajstić information content (AvgIpc) is 3.44. The number of nitrogens with zero attached hydrogens (tertiary/aromatic N) is 3. The number of halogens is 1. The SMILES string of the molecule is C.C[C@]1(c2cccc(Cl)c2)Cc2cc(C(=O)N3CC[C@H](N4CCOC4=O)C3)cnc2N1. The number of rotatable bonds is 3. The standard InChI is InChI=1S/C22H23ClN4O3.CH4/c1-22(16-3-2-4-17(23)10-16)11-14-9-15(12-24-19(14)25-22)20(28)26-6-5-18(13-26)27-7-8-30-21(27)29;/h2-4,9-10,12,18H,5-8,11,13H2,1H3,(H,24,25);1H4/t18-,22+;/m0./s1. The molecular weight excluding hydrogens is 416 g/mol. The van der Waals surface area contributed by atoms with Crippen LogP contribution in [0.5, 0.6) is 0 Å². The van der Waals surface area contributed by atoms with Crippen LogP contribution in [0.3, 0.4) is 0 Å². The summed E-state index contributed by atoms with van der Waals surface area (Å²) in [5, 5.41) is 4.18. The molecule has 0 aliphatic carbocycles. The summed E-state index contributed by atoms with van der Waals surface area (Å²) in [5.41, 5.74) is 2.36. The molecule has 31 heavy (non-hydrogen) atoms. The smallest absolute Gasteiger partial charge is 0.410 e. The Morgan fingerprint density at radius 3 is 2.90 bits per heavy atom. The maximum Gasteiger partial charge on any atom is 0.410 e. The maximum absolute atomic E-state index is 13.1. The number of aromatic nitrogens is 1. The Kier molecular flexibility index (Phi) is 5.56. The zero-order valence-corrected chi connectivity index (χ0v) is 17.5. The summed E-state index contributed by atoms with van der Waals surface area (Å²) in [4.78, 5) is 32.9. The van der Waals surface area contributed by atoms with Gasteiger partial charge in [0, 0.05) is 30.7 Å². The van der Waals surface area contributed by atoms with Crippen LogP contribution in [0.4, 0.5) is 10.6 Å². The Hall–Kier alpha value is -2.80. The van der Waals surface area contributed by atoms with Crippen molar-refractivity contribution >= 4 is 29.4 Å². The number of benzene rings is 1. The van der Waals surface area contributed by atoms with Crippen LogP contribution in [0.25, 0.3) is 0 Å². The largest absolute Gasteiger partial charge is 0.448 e. The molecule has 2 aromatic rings. The van der Waals surface area contributed by atoms with E-state index in [4.69, 9.17) is 16.3 Å². The van der Waals surface area contributed by atoms with Crippen LogP contribution in [-0.4, -0.2) is 59.1 Å². The van der Waals surface area contributed by atoms with E-state index in [0.717, 1.165) is 29.8 Å². The van der Waals surface area contributed by atoms with Gasteiger partial charge in [0.05, 0.1) is 23.7 Å². The lowest BCUT2D eigenvalue weighted by Crippen LogP contribution is -2.39. The van der Waals surface area contributed by atoms with Crippen LogP contribution in [-0.2, 0) is 16.7 Å². The molecule has 3 aliphatic heterocycles. The van der Waals surface area contributed by atoms with Crippen LogP contribution < -0.4 is 5.32 Å². The molecule has 164 valence electrons. The van der Waals surface area contributed by atoms with Crippen molar-refractivity contribution in [3.63, 3.8) is 0 Å². The second kappa shape index (κ2) is 8.04.